The van der Waals surface area contributed by atoms with Crippen LogP contribution in [-0.2, 0) is 4.79 Å². The SMILES string of the molecule is NC(=O)C1CCC2CCC1CC2. The second kappa shape index (κ2) is 3.08. The summed E-state index contributed by atoms with van der Waals surface area (Å²) < 4.78 is 0. The fourth-order valence-corrected chi connectivity index (χ4v) is 2.90. The molecule has 1 atom stereocenters. The van der Waals surface area contributed by atoms with Gasteiger partial charge >= 0.3 is 0 Å². The van der Waals surface area contributed by atoms with Crippen molar-refractivity contribution in [1.29, 1.82) is 0 Å². The molecule has 0 spiro atoms. The molecule has 2 heteroatoms. The molecule has 0 aromatic heterocycles. The Labute approximate surface area is 73.5 Å². The van der Waals surface area contributed by atoms with E-state index in [2.05, 4.69) is 0 Å². The van der Waals surface area contributed by atoms with Crippen LogP contribution in [0.15, 0.2) is 0 Å². The van der Waals surface area contributed by atoms with Gasteiger partial charge in [-0.3, -0.25) is 4.79 Å². The third kappa shape index (κ3) is 1.35. The van der Waals surface area contributed by atoms with Gasteiger partial charge in [-0.05, 0) is 37.5 Å². The molecule has 2 bridgehead atoms. The van der Waals surface area contributed by atoms with E-state index in [-0.39, 0.29) is 11.8 Å². The van der Waals surface area contributed by atoms with Crippen LogP contribution < -0.4 is 5.73 Å². The molecule has 0 radical (unpaired) electrons. The van der Waals surface area contributed by atoms with E-state index >= 15 is 0 Å². The molecule has 3 fully saturated rings. The van der Waals surface area contributed by atoms with Crippen LogP contribution in [0.25, 0.3) is 0 Å². The van der Waals surface area contributed by atoms with Crippen molar-refractivity contribution in [2.75, 3.05) is 0 Å². The summed E-state index contributed by atoms with van der Waals surface area (Å²) in [6, 6.07) is 0. The maximum Gasteiger partial charge on any atom is 0.220 e. The number of rotatable bonds is 1. The van der Waals surface area contributed by atoms with Crippen LogP contribution in [0.2, 0.25) is 0 Å². The summed E-state index contributed by atoms with van der Waals surface area (Å²) in [4.78, 5) is 11.1. The summed E-state index contributed by atoms with van der Waals surface area (Å²) in [6.45, 7) is 0. The van der Waals surface area contributed by atoms with Crippen LogP contribution >= 0.6 is 0 Å². The third-order valence-corrected chi connectivity index (χ3v) is 3.71. The van der Waals surface area contributed by atoms with Crippen LogP contribution in [0.1, 0.15) is 38.5 Å². The van der Waals surface area contributed by atoms with Crippen molar-refractivity contribution >= 4 is 5.91 Å². The average Bonchev–Trinajstić information content (AvgIpc) is 2.36. The lowest BCUT2D eigenvalue weighted by molar-refractivity contribution is -0.123. The summed E-state index contributed by atoms with van der Waals surface area (Å²) in [7, 11) is 0. The monoisotopic (exact) mass is 167 g/mol. The number of fused-ring (bicyclic) bond motifs is 4. The molecular formula is C10H17NO. The Kier molecular flexibility index (Phi) is 2.07. The van der Waals surface area contributed by atoms with Crippen molar-refractivity contribution in [1.82, 2.24) is 0 Å². The van der Waals surface area contributed by atoms with Crippen molar-refractivity contribution in [2.24, 2.45) is 23.5 Å². The van der Waals surface area contributed by atoms with Gasteiger partial charge in [-0.15, -0.1) is 0 Å². The number of carbonyl (C=O) groups is 1. The third-order valence-electron chi connectivity index (χ3n) is 3.71. The minimum Gasteiger partial charge on any atom is -0.369 e. The molecule has 0 saturated heterocycles. The zero-order valence-corrected chi connectivity index (χ0v) is 7.46. The lowest BCUT2D eigenvalue weighted by atomic mass is 9.80. The smallest absolute Gasteiger partial charge is 0.220 e. The normalized spacial score (nSPS) is 40.8. The molecule has 2 nitrogen and oxygen atoms in total. The van der Waals surface area contributed by atoms with Gasteiger partial charge in [0.25, 0.3) is 0 Å². The Morgan fingerprint density at radius 3 is 2.17 bits per heavy atom. The van der Waals surface area contributed by atoms with Gasteiger partial charge in [-0.25, -0.2) is 0 Å². The molecule has 2 N–H and O–H groups in total. The predicted molar refractivity (Wildman–Crippen MR) is 47.4 cm³/mol. The van der Waals surface area contributed by atoms with Crippen LogP contribution in [-0.4, -0.2) is 5.91 Å². The van der Waals surface area contributed by atoms with E-state index in [9.17, 15) is 4.79 Å². The Morgan fingerprint density at radius 1 is 1.00 bits per heavy atom. The maximum absolute atomic E-state index is 11.1. The fraction of sp³-hybridized carbons (Fsp3) is 0.900. The fourth-order valence-electron chi connectivity index (χ4n) is 2.90. The van der Waals surface area contributed by atoms with E-state index in [1.807, 2.05) is 0 Å². The number of hydrogen-bond acceptors (Lipinski definition) is 1. The van der Waals surface area contributed by atoms with Crippen LogP contribution in [0, 0.1) is 17.8 Å². The van der Waals surface area contributed by atoms with E-state index in [1.54, 1.807) is 0 Å². The van der Waals surface area contributed by atoms with Gasteiger partial charge in [0.05, 0.1) is 0 Å². The summed E-state index contributed by atoms with van der Waals surface area (Å²) in [5.41, 5.74) is 5.38. The van der Waals surface area contributed by atoms with Gasteiger partial charge in [-0.2, -0.15) is 0 Å². The molecule has 12 heavy (non-hydrogen) atoms. The van der Waals surface area contributed by atoms with Gasteiger partial charge in [0, 0.05) is 5.92 Å². The summed E-state index contributed by atoms with van der Waals surface area (Å²) in [5.74, 6) is 1.69. The molecule has 0 aromatic carbocycles. The van der Waals surface area contributed by atoms with E-state index in [4.69, 9.17) is 5.73 Å². The minimum atomic E-state index is -0.0532. The van der Waals surface area contributed by atoms with Gasteiger partial charge < -0.3 is 5.73 Å². The zero-order chi connectivity index (χ0) is 8.55. The first-order valence-electron chi connectivity index (χ1n) is 5.06. The molecule has 3 aliphatic rings. The number of hydrogen-bond donors (Lipinski definition) is 1. The number of nitrogens with two attached hydrogens (primary N) is 1. The van der Waals surface area contributed by atoms with E-state index < -0.39 is 0 Å². The van der Waals surface area contributed by atoms with Gasteiger partial charge in [0.1, 0.15) is 0 Å². The molecule has 3 rings (SSSR count). The van der Waals surface area contributed by atoms with Gasteiger partial charge in [-0.1, -0.05) is 12.8 Å². The number of carbonyl (C=O) groups excluding carboxylic acids is 1. The molecule has 68 valence electrons. The highest BCUT2D eigenvalue weighted by Crippen LogP contribution is 2.42. The first kappa shape index (κ1) is 8.09. The Morgan fingerprint density at radius 2 is 1.58 bits per heavy atom. The first-order valence-corrected chi connectivity index (χ1v) is 5.06. The maximum atomic E-state index is 11.1. The molecule has 1 amide bonds. The highest BCUT2D eigenvalue weighted by molar-refractivity contribution is 5.77. The summed E-state index contributed by atoms with van der Waals surface area (Å²) in [5, 5.41) is 0. The first-order chi connectivity index (χ1) is 5.77. The van der Waals surface area contributed by atoms with Crippen LogP contribution in [0.4, 0.5) is 0 Å². The molecule has 0 heterocycles. The summed E-state index contributed by atoms with van der Waals surface area (Å²) in [6.07, 6.45) is 7.48. The minimum absolute atomic E-state index is 0.0532. The molecule has 1 unspecified atom stereocenters. The lowest BCUT2D eigenvalue weighted by Crippen LogP contribution is -2.29. The topological polar surface area (TPSA) is 43.1 Å². The van der Waals surface area contributed by atoms with Crippen molar-refractivity contribution in [3.05, 3.63) is 0 Å². The molecule has 3 aliphatic carbocycles. The number of amides is 1. The Bertz CT molecular complexity index is 182. The molecular weight excluding hydrogens is 150 g/mol. The summed E-state index contributed by atoms with van der Waals surface area (Å²) >= 11 is 0. The van der Waals surface area contributed by atoms with E-state index in [0.717, 1.165) is 12.3 Å². The van der Waals surface area contributed by atoms with Gasteiger partial charge in [0.2, 0.25) is 5.91 Å². The quantitative estimate of drug-likeness (QED) is 0.634. The van der Waals surface area contributed by atoms with Crippen molar-refractivity contribution in [2.45, 2.75) is 38.5 Å². The predicted octanol–water partition coefficient (Wildman–Crippen LogP) is 1.69. The van der Waals surface area contributed by atoms with Crippen LogP contribution in [0.5, 0.6) is 0 Å². The highest BCUT2D eigenvalue weighted by atomic mass is 16.1. The largest absolute Gasteiger partial charge is 0.369 e. The molecule has 3 saturated carbocycles. The van der Waals surface area contributed by atoms with Gasteiger partial charge in [0.15, 0.2) is 0 Å². The number of primary amides is 1. The van der Waals surface area contributed by atoms with Crippen molar-refractivity contribution in [3.63, 3.8) is 0 Å². The molecule has 0 aliphatic heterocycles. The highest BCUT2D eigenvalue weighted by Gasteiger charge is 2.34. The van der Waals surface area contributed by atoms with E-state index in [0.29, 0.717) is 5.92 Å². The Hall–Kier alpha value is -0.530. The lowest BCUT2D eigenvalue weighted by Gasteiger charge is -2.25. The zero-order valence-electron chi connectivity index (χ0n) is 7.46. The standard InChI is InChI=1S/C10H17NO/c11-10(12)9-6-3-7-1-4-8(9)5-2-7/h7-9H,1-6H2,(H2,11,12). The van der Waals surface area contributed by atoms with Crippen molar-refractivity contribution < 1.29 is 4.79 Å². The molecule has 0 aromatic rings. The second-order valence-electron chi connectivity index (χ2n) is 4.37. The van der Waals surface area contributed by atoms with E-state index in [1.165, 1.54) is 32.1 Å². The van der Waals surface area contributed by atoms with Crippen LogP contribution in [0.3, 0.4) is 0 Å². The van der Waals surface area contributed by atoms with Crippen molar-refractivity contribution in [3.8, 4) is 0 Å². The average molecular weight is 167 g/mol. The Balaban J connectivity index is 2.10. The second-order valence-corrected chi connectivity index (χ2v) is 4.37.